The Hall–Kier alpha value is -6.79. The van der Waals surface area contributed by atoms with Crippen molar-refractivity contribution in [2.24, 2.45) is 0 Å². The van der Waals surface area contributed by atoms with Crippen molar-refractivity contribution < 1.29 is 4.42 Å². The molecule has 0 unspecified atom stereocenters. The number of para-hydroxylation sites is 1. The molecule has 0 saturated heterocycles. The van der Waals surface area contributed by atoms with Gasteiger partial charge in [-0.25, -0.2) is 24.9 Å². The van der Waals surface area contributed by atoms with Crippen molar-refractivity contribution in [2.75, 3.05) is 0 Å². The Morgan fingerprint density at radius 1 is 0.367 bits per heavy atom. The van der Waals surface area contributed by atoms with E-state index < -0.39 is 0 Å². The molecule has 0 spiro atoms. The van der Waals surface area contributed by atoms with Gasteiger partial charge < -0.3 is 4.42 Å². The molecular formula is C43H25N5O. The Morgan fingerprint density at radius 3 is 1.86 bits per heavy atom. The second-order valence-corrected chi connectivity index (χ2v) is 12.1. The molecule has 10 rings (SSSR count). The van der Waals surface area contributed by atoms with Crippen LogP contribution in [0.2, 0.25) is 0 Å². The number of benzene rings is 6. The van der Waals surface area contributed by atoms with Crippen LogP contribution in [0, 0.1) is 0 Å². The molecule has 4 aromatic heterocycles. The lowest BCUT2D eigenvalue weighted by atomic mass is 10.0. The van der Waals surface area contributed by atoms with Gasteiger partial charge in [0.15, 0.2) is 17.5 Å². The molecule has 4 heterocycles. The van der Waals surface area contributed by atoms with Crippen LogP contribution < -0.4 is 0 Å². The van der Waals surface area contributed by atoms with E-state index in [1.54, 1.807) is 0 Å². The monoisotopic (exact) mass is 627 g/mol. The van der Waals surface area contributed by atoms with Crippen LogP contribution >= 0.6 is 0 Å². The van der Waals surface area contributed by atoms with Gasteiger partial charge in [0.2, 0.25) is 0 Å². The van der Waals surface area contributed by atoms with Gasteiger partial charge in [-0.1, -0.05) is 121 Å². The van der Waals surface area contributed by atoms with Gasteiger partial charge in [0.25, 0.3) is 0 Å². The summed E-state index contributed by atoms with van der Waals surface area (Å²) >= 11 is 0. The minimum atomic E-state index is 0.484. The highest BCUT2D eigenvalue weighted by Gasteiger charge is 2.18. The third-order valence-electron chi connectivity index (χ3n) is 9.10. The van der Waals surface area contributed by atoms with Crippen molar-refractivity contribution >= 4 is 54.5 Å². The summed E-state index contributed by atoms with van der Waals surface area (Å²) in [5.74, 6) is 1.61. The molecule has 0 fully saturated rings. The summed E-state index contributed by atoms with van der Waals surface area (Å²) in [6.45, 7) is 0. The van der Waals surface area contributed by atoms with Crippen LogP contribution in [-0.2, 0) is 0 Å². The first-order chi connectivity index (χ1) is 24.2. The quantitative estimate of drug-likeness (QED) is 0.181. The molecule has 6 nitrogen and oxygen atoms in total. The van der Waals surface area contributed by atoms with Crippen molar-refractivity contribution in [3.05, 3.63) is 152 Å². The molecule has 0 radical (unpaired) electrons. The summed E-state index contributed by atoms with van der Waals surface area (Å²) in [4.78, 5) is 25.4. The molecule has 0 N–H and O–H groups in total. The minimum absolute atomic E-state index is 0.484. The summed E-state index contributed by atoms with van der Waals surface area (Å²) in [6.07, 6.45) is 0. The smallest absolute Gasteiger partial charge is 0.182 e. The number of hydrogen-bond acceptors (Lipinski definition) is 6. The largest absolute Gasteiger partial charge is 0.456 e. The zero-order chi connectivity index (χ0) is 32.3. The van der Waals surface area contributed by atoms with E-state index in [1.807, 2.05) is 72.8 Å². The van der Waals surface area contributed by atoms with E-state index in [0.29, 0.717) is 23.2 Å². The van der Waals surface area contributed by atoms with Crippen LogP contribution in [0.4, 0.5) is 0 Å². The molecule has 6 heteroatoms. The number of hydrogen-bond donors (Lipinski definition) is 0. The number of pyridine rings is 2. The van der Waals surface area contributed by atoms with Crippen molar-refractivity contribution in [1.29, 1.82) is 0 Å². The Morgan fingerprint density at radius 2 is 1.00 bits per heavy atom. The maximum Gasteiger partial charge on any atom is 0.182 e. The minimum Gasteiger partial charge on any atom is -0.456 e. The zero-order valence-corrected chi connectivity index (χ0v) is 26.1. The lowest BCUT2D eigenvalue weighted by Gasteiger charge is -2.10. The van der Waals surface area contributed by atoms with Crippen LogP contribution in [0.5, 0.6) is 0 Å². The second-order valence-electron chi connectivity index (χ2n) is 12.1. The molecule has 0 bridgehead atoms. The summed E-state index contributed by atoms with van der Waals surface area (Å²) < 4.78 is 6.21. The van der Waals surface area contributed by atoms with Crippen LogP contribution in [0.25, 0.3) is 100 Å². The predicted molar refractivity (Wildman–Crippen MR) is 197 cm³/mol. The van der Waals surface area contributed by atoms with Gasteiger partial charge in [0.05, 0.1) is 16.7 Å². The Balaban J connectivity index is 1.18. The fraction of sp³-hybridized carbons (Fsp3) is 0. The number of aromatic nitrogens is 5. The van der Waals surface area contributed by atoms with Gasteiger partial charge in [0, 0.05) is 38.2 Å². The Bertz CT molecular complexity index is 2900. The van der Waals surface area contributed by atoms with Crippen LogP contribution in [0.1, 0.15) is 0 Å². The van der Waals surface area contributed by atoms with Crippen molar-refractivity contribution in [1.82, 2.24) is 24.9 Å². The lowest BCUT2D eigenvalue weighted by molar-refractivity contribution is 0.669. The van der Waals surface area contributed by atoms with Gasteiger partial charge in [-0.2, -0.15) is 0 Å². The molecular weight excluding hydrogens is 603 g/mol. The molecule has 0 aliphatic carbocycles. The second kappa shape index (κ2) is 10.9. The highest BCUT2D eigenvalue weighted by molar-refractivity contribution is 6.12. The fourth-order valence-corrected chi connectivity index (χ4v) is 6.69. The average Bonchev–Trinajstić information content (AvgIpc) is 3.56. The van der Waals surface area contributed by atoms with Crippen molar-refractivity contribution in [3.63, 3.8) is 0 Å². The predicted octanol–water partition coefficient (Wildman–Crippen LogP) is 10.7. The molecule has 6 aromatic carbocycles. The Labute approximate surface area is 280 Å². The van der Waals surface area contributed by atoms with Gasteiger partial charge in [0.1, 0.15) is 16.9 Å². The number of furan rings is 1. The van der Waals surface area contributed by atoms with Crippen molar-refractivity contribution in [3.8, 4) is 45.6 Å². The van der Waals surface area contributed by atoms with Crippen molar-refractivity contribution in [2.45, 2.75) is 0 Å². The highest BCUT2D eigenvalue weighted by atomic mass is 16.3. The highest BCUT2D eigenvalue weighted by Crippen LogP contribution is 2.37. The third kappa shape index (κ3) is 4.61. The molecule has 49 heavy (non-hydrogen) atoms. The lowest BCUT2D eigenvalue weighted by Crippen LogP contribution is -2.01. The molecule has 0 aliphatic heterocycles. The first-order valence-corrected chi connectivity index (χ1v) is 16.2. The van der Waals surface area contributed by atoms with E-state index in [0.717, 1.165) is 66.1 Å². The molecule has 228 valence electrons. The molecule has 0 aliphatic rings. The molecule has 10 aromatic rings. The van der Waals surface area contributed by atoms with Gasteiger partial charge in [-0.3, -0.25) is 0 Å². The normalized spacial score (nSPS) is 11.7. The van der Waals surface area contributed by atoms with E-state index in [-0.39, 0.29) is 0 Å². The van der Waals surface area contributed by atoms with E-state index >= 15 is 0 Å². The van der Waals surface area contributed by atoms with Gasteiger partial charge >= 0.3 is 0 Å². The molecule has 0 saturated carbocycles. The molecule has 0 atom stereocenters. The van der Waals surface area contributed by atoms with E-state index in [9.17, 15) is 0 Å². The summed E-state index contributed by atoms with van der Waals surface area (Å²) in [5, 5.41) is 6.37. The topological polar surface area (TPSA) is 77.6 Å². The molecule has 0 amide bonds. The van der Waals surface area contributed by atoms with Gasteiger partial charge in [-0.05, 0) is 41.1 Å². The van der Waals surface area contributed by atoms with E-state index in [2.05, 4.69) is 78.9 Å². The first kappa shape index (κ1) is 27.3. The number of rotatable bonds is 4. The van der Waals surface area contributed by atoms with Crippen LogP contribution in [0.3, 0.4) is 0 Å². The summed E-state index contributed by atoms with van der Waals surface area (Å²) in [5.41, 5.74) is 7.59. The standard InChI is InChI=1S/C43H25N5O/c1-2-10-29(11-3-1)41-46-42(33-14-8-16-37-38(33)32-13-6-7-15-36(32)49-37)48-43(47-41)35-24-22-28-19-18-27-21-23-34(44-39(27)40(28)45-35)31-20-17-26-9-4-5-12-30(26)25-31/h1-25H. The third-order valence-corrected chi connectivity index (χ3v) is 9.10. The SMILES string of the molecule is c1ccc(-c2nc(-c3ccc4ccc5ccc(-c6ccc7ccccc7c6)nc5c4n3)nc(-c3cccc4oc5ccccc5c34)n2)cc1. The summed E-state index contributed by atoms with van der Waals surface area (Å²) in [7, 11) is 0. The maximum absolute atomic E-state index is 6.21. The zero-order valence-electron chi connectivity index (χ0n) is 26.1. The van der Waals surface area contributed by atoms with E-state index in [1.165, 1.54) is 10.8 Å². The number of nitrogens with zero attached hydrogens (tertiary/aromatic N) is 5. The summed E-state index contributed by atoms with van der Waals surface area (Å²) in [6, 6.07) is 51.3. The average molecular weight is 628 g/mol. The van der Waals surface area contributed by atoms with Crippen LogP contribution in [0.15, 0.2) is 156 Å². The van der Waals surface area contributed by atoms with E-state index in [4.69, 9.17) is 29.3 Å². The Kier molecular flexibility index (Phi) is 6.08. The number of fused-ring (bicyclic) bond motifs is 7. The fourth-order valence-electron chi connectivity index (χ4n) is 6.69. The maximum atomic E-state index is 6.21. The first-order valence-electron chi connectivity index (χ1n) is 16.2. The van der Waals surface area contributed by atoms with Crippen LogP contribution in [-0.4, -0.2) is 24.9 Å². The van der Waals surface area contributed by atoms with Gasteiger partial charge in [-0.15, -0.1) is 0 Å².